The molecule has 0 atom stereocenters. The van der Waals surface area contributed by atoms with Crippen molar-refractivity contribution >= 4 is 29.0 Å². The monoisotopic (exact) mass is 253 g/mol. The number of hydrogen-bond donors (Lipinski definition) is 2. The van der Waals surface area contributed by atoms with E-state index in [1.54, 1.807) is 18.2 Å². The molecule has 17 heavy (non-hydrogen) atoms. The first-order valence-corrected chi connectivity index (χ1v) is 6.15. The lowest BCUT2D eigenvalue weighted by atomic mass is 10.1. The van der Waals surface area contributed by atoms with Gasteiger partial charge in [0.1, 0.15) is 0 Å². The van der Waals surface area contributed by atoms with Crippen LogP contribution in [0.25, 0.3) is 0 Å². The fraction of sp³-hybridized carbons (Fsp3) is 0.417. The van der Waals surface area contributed by atoms with Gasteiger partial charge in [-0.15, -0.1) is 0 Å². The van der Waals surface area contributed by atoms with Crippen molar-refractivity contribution in [3.8, 4) is 0 Å². The zero-order valence-corrected chi connectivity index (χ0v) is 10.3. The zero-order chi connectivity index (χ0) is 12.3. The van der Waals surface area contributed by atoms with Gasteiger partial charge in [0.05, 0.1) is 10.7 Å². The third kappa shape index (κ3) is 3.03. The van der Waals surface area contributed by atoms with Crippen molar-refractivity contribution in [2.45, 2.75) is 19.3 Å². The molecule has 4 nitrogen and oxygen atoms in total. The number of piperidine rings is 1. The van der Waals surface area contributed by atoms with Crippen molar-refractivity contribution in [2.75, 3.05) is 24.1 Å². The zero-order valence-electron chi connectivity index (χ0n) is 9.58. The highest BCUT2D eigenvalue weighted by molar-refractivity contribution is 6.33. The van der Waals surface area contributed by atoms with Crippen LogP contribution in [0, 0.1) is 0 Å². The van der Waals surface area contributed by atoms with Crippen LogP contribution < -0.4 is 11.1 Å². The predicted molar refractivity (Wildman–Crippen MR) is 70.3 cm³/mol. The van der Waals surface area contributed by atoms with Gasteiger partial charge < -0.3 is 16.0 Å². The fourth-order valence-corrected chi connectivity index (χ4v) is 2.08. The molecule has 0 saturated carbocycles. The van der Waals surface area contributed by atoms with E-state index in [1.807, 2.05) is 4.90 Å². The Bertz CT molecular complexity index is 416. The Kier molecular flexibility index (Phi) is 3.74. The maximum atomic E-state index is 11.9. The van der Waals surface area contributed by atoms with Crippen LogP contribution >= 0.6 is 11.6 Å². The van der Waals surface area contributed by atoms with Crippen LogP contribution in [0.15, 0.2) is 18.2 Å². The highest BCUT2D eigenvalue weighted by Crippen LogP contribution is 2.23. The highest BCUT2D eigenvalue weighted by atomic mass is 35.5. The summed E-state index contributed by atoms with van der Waals surface area (Å²) >= 11 is 5.89. The van der Waals surface area contributed by atoms with Gasteiger partial charge in [0.25, 0.3) is 0 Å². The lowest BCUT2D eigenvalue weighted by molar-refractivity contribution is 0.200. The van der Waals surface area contributed by atoms with E-state index in [1.165, 1.54) is 6.42 Å². The van der Waals surface area contributed by atoms with E-state index >= 15 is 0 Å². The summed E-state index contributed by atoms with van der Waals surface area (Å²) in [5, 5.41) is 3.29. The normalized spacial score (nSPS) is 15.7. The molecule has 2 amide bonds. The van der Waals surface area contributed by atoms with Crippen molar-refractivity contribution < 1.29 is 4.79 Å². The molecular weight excluding hydrogens is 238 g/mol. The molecule has 1 aromatic rings. The van der Waals surface area contributed by atoms with E-state index in [9.17, 15) is 4.79 Å². The Labute approximate surface area is 106 Å². The van der Waals surface area contributed by atoms with Crippen LogP contribution in [0.4, 0.5) is 16.2 Å². The number of hydrogen-bond acceptors (Lipinski definition) is 2. The van der Waals surface area contributed by atoms with E-state index in [0.717, 1.165) is 25.9 Å². The summed E-state index contributed by atoms with van der Waals surface area (Å²) in [5.41, 5.74) is 6.80. The van der Waals surface area contributed by atoms with Crippen molar-refractivity contribution in [3.05, 3.63) is 23.2 Å². The number of carbonyl (C=O) groups excluding carboxylic acids is 1. The molecular formula is C12H16ClN3O. The molecule has 0 unspecified atom stereocenters. The van der Waals surface area contributed by atoms with Gasteiger partial charge in [0.15, 0.2) is 0 Å². The Balaban J connectivity index is 1.99. The summed E-state index contributed by atoms with van der Waals surface area (Å²) in [6.07, 6.45) is 3.36. The molecule has 1 aromatic carbocycles. The molecule has 1 saturated heterocycles. The van der Waals surface area contributed by atoms with Crippen LogP contribution in [0.5, 0.6) is 0 Å². The lowest BCUT2D eigenvalue weighted by Crippen LogP contribution is -2.38. The summed E-state index contributed by atoms with van der Waals surface area (Å²) in [5.74, 6) is 0. The van der Waals surface area contributed by atoms with Crippen molar-refractivity contribution in [2.24, 2.45) is 0 Å². The summed E-state index contributed by atoms with van der Waals surface area (Å²) < 4.78 is 0. The van der Waals surface area contributed by atoms with Crippen LogP contribution in [0.3, 0.4) is 0 Å². The van der Waals surface area contributed by atoms with Gasteiger partial charge in [-0.05, 0) is 37.5 Å². The van der Waals surface area contributed by atoms with Gasteiger partial charge in [-0.2, -0.15) is 0 Å². The number of amides is 2. The summed E-state index contributed by atoms with van der Waals surface area (Å²) in [4.78, 5) is 13.7. The molecule has 1 fully saturated rings. The molecule has 1 aliphatic heterocycles. The molecule has 2 rings (SSSR count). The number of carbonyl (C=O) groups is 1. The predicted octanol–water partition coefficient (Wildman–Crippen LogP) is 2.94. The minimum Gasteiger partial charge on any atom is -0.398 e. The lowest BCUT2D eigenvalue weighted by Gasteiger charge is -2.26. The number of nitrogens with one attached hydrogen (secondary N) is 1. The number of halogens is 1. The molecule has 1 aliphatic rings. The van der Waals surface area contributed by atoms with Gasteiger partial charge in [0.2, 0.25) is 0 Å². The maximum Gasteiger partial charge on any atom is 0.321 e. The molecule has 3 N–H and O–H groups in total. The fourth-order valence-electron chi connectivity index (χ4n) is 1.90. The smallest absolute Gasteiger partial charge is 0.321 e. The van der Waals surface area contributed by atoms with Crippen LogP contribution in [-0.2, 0) is 0 Å². The van der Waals surface area contributed by atoms with Gasteiger partial charge in [-0.1, -0.05) is 11.6 Å². The number of rotatable bonds is 1. The van der Waals surface area contributed by atoms with Crippen molar-refractivity contribution in [1.29, 1.82) is 0 Å². The highest BCUT2D eigenvalue weighted by Gasteiger charge is 2.16. The molecule has 1 heterocycles. The number of nitrogens with two attached hydrogens (primary N) is 1. The van der Waals surface area contributed by atoms with E-state index in [-0.39, 0.29) is 6.03 Å². The SMILES string of the molecule is Nc1ccc(NC(=O)N2CCCCC2)cc1Cl. The molecule has 5 heteroatoms. The van der Waals surface area contributed by atoms with Crippen molar-refractivity contribution in [3.63, 3.8) is 0 Å². The van der Waals surface area contributed by atoms with Crippen LogP contribution in [0.1, 0.15) is 19.3 Å². The average molecular weight is 254 g/mol. The number of likely N-dealkylation sites (tertiary alicyclic amines) is 1. The molecule has 0 aliphatic carbocycles. The summed E-state index contributed by atoms with van der Waals surface area (Å²) in [7, 11) is 0. The minimum absolute atomic E-state index is 0.0643. The second-order valence-electron chi connectivity index (χ2n) is 4.21. The Morgan fingerprint density at radius 1 is 1.29 bits per heavy atom. The van der Waals surface area contributed by atoms with Gasteiger partial charge in [0, 0.05) is 18.8 Å². The molecule has 92 valence electrons. The minimum atomic E-state index is -0.0643. The summed E-state index contributed by atoms with van der Waals surface area (Å²) in [6.45, 7) is 1.66. The maximum absolute atomic E-state index is 11.9. The molecule has 0 aromatic heterocycles. The van der Waals surface area contributed by atoms with E-state index in [4.69, 9.17) is 17.3 Å². The van der Waals surface area contributed by atoms with Gasteiger partial charge in [-0.3, -0.25) is 0 Å². The molecule has 0 bridgehead atoms. The van der Waals surface area contributed by atoms with Gasteiger partial charge >= 0.3 is 6.03 Å². The Morgan fingerprint density at radius 3 is 2.65 bits per heavy atom. The number of benzene rings is 1. The number of urea groups is 1. The second kappa shape index (κ2) is 5.27. The first-order chi connectivity index (χ1) is 8.16. The topological polar surface area (TPSA) is 58.4 Å². The first-order valence-electron chi connectivity index (χ1n) is 5.78. The Hall–Kier alpha value is -1.42. The number of nitrogens with zero attached hydrogens (tertiary/aromatic N) is 1. The number of nitrogen functional groups attached to an aromatic ring is 1. The summed E-state index contributed by atoms with van der Waals surface area (Å²) in [6, 6.07) is 5.04. The first kappa shape index (κ1) is 12.0. The average Bonchev–Trinajstić information content (AvgIpc) is 2.35. The Morgan fingerprint density at radius 2 is 2.00 bits per heavy atom. The second-order valence-corrected chi connectivity index (χ2v) is 4.62. The van der Waals surface area contributed by atoms with E-state index in [2.05, 4.69) is 5.32 Å². The van der Waals surface area contributed by atoms with E-state index < -0.39 is 0 Å². The van der Waals surface area contributed by atoms with Gasteiger partial charge in [-0.25, -0.2) is 4.79 Å². The quantitative estimate of drug-likeness (QED) is 0.756. The third-order valence-electron chi connectivity index (χ3n) is 2.89. The molecule has 0 radical (unpaired) electrons. The number of anilines is 2. The third-order valence-corrected chi connectivity index (χ3v) is 3.22. The van der Waals surface area contributed by atoms with Crippen LogP contribution in [-0.4, -0.2) is 24.0 Å². The largest absolute Gasteiger partial charge is 0.398 e. The van der Waals surface area contributed by atoms with Crippen LogP contribution in [0.2, 0.25) is 5.02 Å². The van der Waals surface area contributed by atoms with Crippen molar-refractivity contribution in [1.82, 2.24) is 4.90 Å². The molecule has 0 spiro atoms. The standard InChI is InChI=1S/C12H16ClN3O/c13-10-8-9(4-5-11(10)14)15-12(17)16-6-2-1-3-7-16/h4-5,8H,1-3,6-7,14H2,(H,15,17). The van der Waals surface area contributed by atoms with E-state index in [0.29, 0.717) is 16.4 Å².